The smallest absolute Gasteiger partial charge is 0.0594 e. The van der Waals surface area contributed by atoms with Gasteiger partial charge in [-0.05, 0) is 40.8 Å². The van der Waals surface area contributed by atoms with Crippen molar-refractivity contribution in [2.45, 2.75) is 47.1 Å². The summed E-state index contributed by atoms with van der Waals surface area (Å²) in [6.45, 7) is 14.4. The maximum atomic E-state index is 7.57. The Balaban J connectivity index is -0.000000138. The van der Waals surface area contributed by atoms with E-state index >= 15 is 0 Å². The number of aliphatic hydroxyl groups excluding tert-OH is 1. The zero-order valence-corrected chi connectivity index (χ0v) is 11.0. The first kappa shape index (κ1) is 19.5. The highest BCUT2D eigenvalue weighted by molar-refractivity contribution is 4.55. The molecule has 14 heavy (non-hydrogen) atoms. The van der Waals surface area contributed by atoms with Gasteiger partial charge in [-0.15, -0.1) is 0 Å². The standard InChI is InChI=1S/C5H12O.C4H11N.C2H6O/c1-5(2,3)6-4;1-3-5-4-2;1-2-3/h1-4H3;5H,3-4H2,1-2H3;3H,2H2,1H3. The Morgan fingerprint density at radius 3 is 1.29 bits per heavy atom. The van der Waals surface area contributed by atoms with Crippen molar-refractivity contribution in [2.75, 3.05) is 26.8 Å². The number of ether oxygens (including phenoxy) is 1. The van der Waals surface area contributed by atoms with E-state index in [0.717, 1.165) is 13.1 Å². The molecule has 3 nitrogen and oxygen atoms in total. The van der Waals surface area contributed by atoms with E-state index < -0.39 is 0 Å². The van der Waals surface area contributed by atoms with Crippen LogP contribution in [0.3, 0.4) is 0 Å². The lowest BCUT2D eigenvalue weighted by Crippen LogP contribution is -2.15. The summed E-state index contributed by atoms with van der Waals surface area (Å²) in [7, 11) is 1.71. The van der Waals surface area contributed by atoms with Crippen molar-refractivity contribution in [2.24, 2.45) is 0 Å². The summed E-state index contributed by atoms with van der Waals surface area (Å²) in [6.07, 6.45) is 0. The SMILES string of the molecule is CCNCC.CCO.COC(C)(C)C. The average molecular weight is 207 g/mol. The van der Waals surface area contributed by atoms with Gasteiger partial charge in [-0.1, -0.05) is 13.8 Å². The van der Waals surface area contributed by atoms with Crippen LogP contribution in [0.25, 0.3) is 0 Å². The van der Waals surface area contributed by atoms with E-state index in [1.165, 1.54) is 0 Å². The number of aliphatic hydroxyl groups is 1. The molecule has 0 amide bonds. The molecule has 90 valence electrons. The summed E-state index contributed by atoms with van der Waals surface area (Å²) in [5.74, 6) is 0. The van der Waals surface area contributed by atoms with Gasteiger partial charge in [0, 0.05) is 13.7 Å². The number of rotatable bonds is 2. The van der Waals surface area contributed by atoms with E-state index in [-0.39, 0.29) is 12.2 Å². The van der Waals surface area contributed by atoms with Crippen molar-refractivity contribution in [3.05, 3.63) is 0 Å². The zero-order chi connectivity index (χ0) is 12.0. The molecule has 0 unspecified atom stereocenters. The monoisotopic (exact) mass is 207 g/mol. The van der Waals surface area contributed by atoms with Gasteiger partial charge in [0.2, 0.25) is 0 Å². The Labute approximate surface area is 89.9 Å². The molecule has 0 aromatic heterocycles. The number of hydrogen-bond donors (Lipinski definition) is 2. The van der Waals surface area contributed by atoms with E-state index in [4.69, 9.17) is 9.84 Å². The minimum absolute atomic E-state index is 0.0417. The number of methoxy groups -OCH3 is 1. The maximum Gasteiger partial charge on any atom is 0.0594 e. The fourth-order valence-electron chi connectivity index (χ4n) is 0.250. The molecule has 0 aliphatic rings. The van der Waals surface area contributed by atoms with Gasteiger partial charge in [-0.2, -0.15) is 0 Å². The predicted molar refractivity (Wildman–Crippen MR) is 63.7 cm³/mol. The number of nitrogens with one attached hydrogen (secondary N) is 1. The van der Waals surface area contributed by atoms with Crippen LogP contribution in [-0.2, 0) is 4.74 Å². The summed E-state index contributed by atoms with van der Waals surface area (Å²) in [4.78, 5) is 0. The highest BCUT2D eigenvalue weighted by Gasteiger charge is 2.03. The van der Waals surface area contributed by atoms with E-state index in [1.54, 1.807) is 14.0 Å². The molecule has 0 spiro atoms. The Bertz CT molecular complexity index is 77.8. The highest BCUT2D eigenvalue weighted by Crippen LogP contribution is 2.02. The fourth-order valence-corrected chi connectivity index (χ4v) is 0.250. The normalized spacial score (nSPS) is 9.43. The number of hydrogen-bond acceptors (Lipinski definition) is 3. The predicted octanol–water partition coefficient (Wildman–Crippen LogP) is 2.05. The molecule has 0 heterocycles. The van der Waals surface area contributed by atoms with Crippen molar-refractivity contribution in [3.63, 3.8) is 0 Å². The van der Waals surface area contributed by atoms with Crippen LogP contribution in [0.1, 0.15) is 41.5 Å². The second-order valence-electron chi connectivity index (χ2n) is 3.59. The van der Waals surface area contributed by atoms with E-state index in [2.05, 4.69) is 19.2 Å². The third-order valence-corrected chi connectivity index (χ3v) is 1.11. The van der Waals surface area contributed by atoms with Gasteiger partial charge in [-0.25, -0.2) is 0 Å². The molecule has 2 N–H and O–H groups in total. The van der Waals surface area contributed by atoms with E-state index in [1.807, 2.05) is 20.8 Å². The van der Waals surface area contributed by atoms with Crippen LogP contribution in [0.4, 0.5) is 0 Å². The molecule has 3 heteroatoms. The lowest BCUT2D eigenvalue weighted by atomic mass is 10.2. The van der Waals surface area contributed by atoms with Gasteiger partial charge in [0.25, 0.3) is 0 Å². The molecule has 0 aliphatic carbocycles. The molecule has 0 rings (SSSR count). The van der Waals surface area contributed by atoms with Crippen molar-refractivity contribution in [1.29, 1.82) is 0 Å². The second kappa shape index (κ2) is 15.4. The van der Waals surface area contributed by atoms with Gasteiger partial charge in [0.05, 0.1) is 5.60 Å². The molecule has 0 radical (unpaired) electrons. The average Bonchev–Trinajstić information content (AvgIpc) is 2.07. The highest BCUT2D eigenvalue weighted by atomic mass is 16.5. The minimum atomic E-state index is 0.0417. The van der Waals surface area contributed by atoms with E-state index in [9.17, 15) is 0 Å². The van der Waals surface area contributed by atoms with Gasteiger partial charge >= 0.3 is 0 Å². The summed E-state index contributed by atoms with van der Waals surface area (Å²) in [6, 6.07) is 0. The van der Waals surface area contributed by atoms with Crippen LogP contribution in [0.2, 0.25) is 0 Å². The molecule has 0 aromatic rings. The van der Waals surface area contributed by atoms with Crippen LogP contribution in [-0.4, -0.2) is 37.5 Å². The molecular weight excluding hydrogens is 178 g/mol. The Hall–Kier alpha value is -0.120. The van der Waals surface area contributed by atoms with Crippen molar-refractivity contribution >= 4 is 0 Å². The Morgan fingerprint density at radius 2 is 1.29 bits per heavy atom. The van der Waals surface area contributed by atoms with Crippen LogP contribution in [0.5, 0.6) is 0 Å². The summed E-state index contributed by atoms with van der Waals surface area (Å²) >= 11 is 0. The van der Waals surface area contributed by atoms with Gasteiger partial charge in [0.1, 0.15) is 0 Å². The molecule has 0 saturated carbocycles. The molecule has 0 atom stereocenters. The second-order valence-corrected chi connectivity index (χ2v) is 3.59. The summed E-state index contributed by atoms with van der Waals surface area (Å²) in [5, 5.41) is 10.7. The topological polar surface area (TPSA) is 41.5 Å². The lowest BCUT2D eigenvalue weighted by molar-refractivity contribution is 0.0397. The van der Waals surface area contributed by atoms with Crippen LogP contribution in [0.15, 0.2) is 0 Å². The third kappa shape index (κ3) is 59.1. The van der Waals surface area contributed by atoms with Crippen molar-refractivity contribution in [3.8, 4) is 0 Å². The minimum Gasteiger partial charge on any atom is -0.397 e. The van der Waals surface area contributed by atoms with Gasteiger partial charge in [0.15, 0.2) is 0 Å². The zero-order valence-electron chi connectivity index (χ0n) is 11.0. The summed E-state index contributed by atoms with van der Waals surface area (Å²) in [5.41, 5.74) is 0.0417. The first-order chi connectivity index (χ1) is 6.39. The van der Waals surface area contributed by atoms with Gasteiger partial charge < -0.3 is 15.2 Å². The molecule has 0 fully saturated rings. The third-order valence-electron chi connectivity index (χ3n) is 1.11. The lowest BCUT2D eigenvalue weighted by Gasteiger charge is -2.14. The van der Waals surface area contributed by atoms with Gasteiger partial charge in [-0.3, -0.25) is 0 Å². The largest absolute Gasteiger partial charge is 0.397 e. The first-order valence-corrected chi connectivity index (χ1v) is 5.26. The Kier molecular flexibility index (Phi) is 21.3. The Morgan fingerprint density at radius 1 is 1.07 bits per heavy atom. The maximum absolute atomic E-state index is 7.57. The molecule has 0 saturated heterocycles. The summed E-state index contributed by atoms with van der Waals surface area (Å²) < 4.78 is 4.94. The van der Waals surface area contributed by atoms with Crippen LogP contribution >= 0.6 is 0 Å². The quantitative estimate of drug-likeness (QED) is 0.728. The molecular formula is C11H29NO2. The van der Waals surface area contributed by atoms with Crippen LogP contribution in [0, 0.1) is 0 Å². The van der Waals surface area contributed by atoms with Crippen molar-refractivity contribution in [1.82, 2.24) is 5.32 Å². The molecule has 0 aromatic carbocycles. The van der Waals surface area contributed by atoms with E-state index in [0.29, 0.717) is 0 Å². The molecule has 0 aliphatic heterocycles. The van der Waals surface area contributed by atoms with Crippen molar-refractivity contribution < 1.29 is 9.84 Å². The first-order valence-electron chi connectivity index (χ1n) is 5.26. The van der Waals surface area contributed by atoms with Crippen LogP contribution < -0.4 is 5.32 Å². The molecule has 0 bridgehead atoms. The fraction of sp³-hybridized carbons (Fsp3) is 1.00.